The third kappa shape index (κ3) is 5.05. The summed E-state index contributed by atoms with van der Waals surface area (Å²) in [6.45, 7) is 0. The van der Waals surface area contributed by atoms with E-state index in [1.165, 1.54) is 33.7 Å². The molecule has 0 radical (unpaired) electrons. The summed E-state index contributed by atoms with van der Waals surface area (Å²) in [5, 5.41) is 0. The third-order valence-corrected chi connectivity index (χ3v) is 9.73. The van der Waals surface area contributed by atoms with Crippen molar-refractivity contribution in [2.24, 2.45) is 21.8 Å². The Morgan fingerprint density at radius 2 is 0.841 bits per heavy atom. The van der Waals surface area contributed by atoms with E-state index in [4.69, 9.17) is 9.98 Å². The van der Waals surface area contributed by atoms with Gasteiger partial charge in [-0.3, -0.25) is 9.98 Å². The molecule has 0 amide bonds. The van der Waals surface area contributed by atoms with E-state index in [-0.39, 0.29) is 0 Å². The number of aliphatic imine (C=N–C) groups is 2. The minimum absolute atomic E-state index is 0.416. The summed E-state index contributed by atoms with van der Waals surface area (Å²) in [7, 11) is 0. The summed E-state index contributed by atoms with van der Waals surface area (Å²) in [5.41, 5.74) is 16.1. The average molecular weight is 569 g/mol. The molecular weight excluding hydrogens is 532 g/mol. The van der Waals surface area contributed by atoms with Gasteiger partial charge in [0.1, 0.15) is 0 Å². The first-order valence-electron chi connectivity index (χ1n) is 16.0. The predicted octanol–water partition coefficient (Wildman–Crippen LogP) is 11.2. The number of hydrogen-bond donors (Lipinski definition) is 0. The SMILES string of the molecule is C1=CC2C3=C(CCC(=Nc4ccccc4-c4ccccc4)C3)C3=C(CC(=Nc4ccccc4-c4ccccc4)CC3)C2C=C1. The second-order valence-corrected chi connectivity index (χ2v) is 12.3. The number of benzene rings is 4. The van der Waals surface area contributed by atoms with Crippen molar-refractivity contribution >= 4 is 22.8 Å². The number of para-hydroxylation sites is 2. The van der Waals surface area contributed by atoms with Crippen molar-refractivity contribution < 1.29 is 0 Å². The minimum atomic E-state index is 0.416. The van der Waals surface area contributed by atoms with Crippen LogP contribution in [0.15, 0.2) is 166 Å². The lowest BCUT2D eigenvalue weighted by Crippen LogP contribution is -2.31. The average Bonchev–Trinajstić information content (AvgIpc) is 3.10. The first-order chi connectivity index (χ1) is 21.8. The first kappa shape index (κ1) is 26.8. The fourth-order valence-corrected chi connectivity index (χ4v) is 7.69. The molecule has 2 nitrogen and oxygen atoms in total. The molecule has 2 heteroatoms. The van der Waals surface area contributed by atoms with Crippen LogP contribution in [-0.2, 0) is 0 Å². The molecule has 0 saturated carbocycles. The van der Waals surface area contributed by atoms with Crippen molar-refractivity contribution in [3.05, 3.63) is 156 Å². The van der Waals surface area contributed by atoms with Crippen molar-refractivity contribution in [3.63, 3.8) is 0 Å². The van der Waals surface area contributed by atoms with Crippen LogP contribution in [0.4, 0.5) is 11.4 Å². The summed E-state index contributed by atoms with van der Waals surface area (Å²) in [6.07, 6.45) is 15.6. The van der Waals surface area contributed by atoms with E-state index < -0.39 is 0 Å². The minimum Gasteiger partial charge on any atom is -0.257 e. The molecule has 44 heavy (non-hydrogen) atoms. The van der Waals surface area contributed by atoms with Gasteiger partial charge in [0, 0.05) is 47.2 Å². The van der Waals surface area contributed by atoms with Crippen molar-refractivity contribution in [2.75, 3.05) is 0 Å². The van der Waals surface area contributed by atoms with Crippen LogP contribution in [0.25, 0.3) is 22.3 Å². The van der Waals surface area contributed by atoms with E-state index in [1.807, 2.05) is 0 Å². The molecule has 0 aromatic heterocycles. The Morgan fingerprint density at radius 3 is 1.30 bits per heavy atom. The highest BCUT2D eigenvalue weighted by atomic mass is 14.8. The molecule has 0 aliphatic heterocycles. The highest BCUT2D eigenvalue weighted by Crippen LogP contribution is 2.51. The monoisotopic (exact) mass is 568 g/mol. The van der Waals surface area contributed by atoms with Crippen LogP contribution in [0.2, 0.25) is 0 Å². The fourth-order valence-electron chi connectivity index (χ4n) is 7.69. The van der Waals surface area contributed by atoms with Gasteiger partial charge in [-0.05, 0) is 60.1 Å². The molecule has 4 aliphatic carbocycles. The van der Waals surface area contributed by atoms with E-state index in [1.54, 1.807) is 22.3 Å². The lowest BCUT2D eigenvalue weighted by molar-refractivity contribution is 0.541. The van der Waals surface area contributed by atoms with Gasteiger partial charge in [0.2, 0.25) is 0 Å². The van der Waals surface area contributed by atoms with Crippen LogP contribution in [0, 0.1) is 11.8 Å². The smallest absolute Gasteiger partial charge is 0.0707 e. The Kier molecular flexibility index (Phi) is 7.12. The molecule has 0 bridgehead atoms. The van der Waals surface area contributed by atoms with Gasteiger partial charge < -0.3 is 0 Å². The quantitative estimate of drug-likeness (QED) is 0.234. The summed E-state index contributed by atoms with van der Waals surface area (Å²) < 4.78 is 0. The molecule has 0 N–H and O–H groups in total. The highest BCUT2D eigenvalue weighted by Gasteiger charge is 2.39. The molecule has 0 spiro atoms. The van der Waals surface area contributed by atoms with Crippen molar-refractivity contribution in [1.82, 2.24) is 0 Å². The normalized spacial score (nSPS) is 22.6. The van der Waals surface area contributed by atoms with E-state index >= 15 is 0 Å². The number of rotatable bonds is 4. The molecule has 2 atom stereocenters. The summed E-state index contributed by atoms with van der Waals surface area (Å²) in [5.74, 6) is 0.833. The standard InChI is InChI=1S/C42H36N2/c1-3-13-29(14-4-1)33-17-9-11-21-41(33)43-31-23-25-37-38-26-24-32(28-40(38)36-20-8-7-19-35(36)39(37)27-31)44-42-22-12-10-18-34(42)30-15-5-2-6-16-30/h1-22,35-36H,23-28H2. The van der Waals surface area contributed by atoms with Gasteiger partial charge in [0.05, 0.1) is 11.4 Å². The number of nitrogens with zero attached hydrogens (tertiary/aromatic N) is 2. The van der Waals surface area contributed by atoms with Crippen molar-refractivity contribution in [1.29, 1.82) is 0 Å². The van der Waals surface area contributed by atoms with Gasteiger partial charge in [-0.1, -0.05) is 133 Å². The molecule has 4 aliphatic rings. The molecule has 2 unspecified atom stereocenters. The summed E-state index contributed by atoms with van der Waals surface area (Å²) in [4.78, 5) is 10.6. The van der Waals surface area contributed by atoms with Gasteiger partial charge in [-0.15, -0.1) is 0 Å². The number of allylic oxidation sites excluding steroid dienone is 8. The number of fused-ring (bicyclic) bond motifs is 4. The Hall–Kier alpha value is -4.82. The molecule has 4 aromatic carbocycles. The zero-order chi connectivity index (χ0) is 29.3. The van der Waals surface area contributed by atoms with Gasteiger partial charge >= 0.3 is 0 Å². The summed E-state index contributed by atoms with van der Waals surface area (Å²) >= 11 is 0. The Bertz CT molecular complexity index is 1760. The van der Waals surface area contributed by atoms with Crippen LogP contribution >= 0.6 is 0 Å². The van der Waals surface area contributed by atoms with E-state index in [0.29, 0.717) is 11.8 Å². The van der Waals surface area contributed by atoms with Gasteiger partial charge in [-0.25, -0.2) is 0 Å². The van der Waals surface area contributed by atoms with Gasteiger partial charge in [-0.2, -0.15) is 0 Å². The zero-order valence-corrected chi connectivity index (χ0v) is 25.0. The molecule has 0 saturated heterocycles. The van der Waals surface area contributed by atoms with E-state index in [2.05, 4.69) is 133 Å². The largest absolute Gasteiger partial charge is 0.257 e. The fraction of sp³-hybridized carbons (Fsp3) is 0.190. The highest BCUT2D eigenvalue weighted by molar-refractivity contribution is 5.95. The van der Waals surface area contributed by atoms with Crippen LogP contribution in [0.3, 0.4) is 0 Å². The van der Waals surface area contributed by atoms with Gasteiger partial charge in [0.25, 0.3) is 0 Å². The maximum Gasteiger partial charge on any atom is 0.0707 e. The Balaban J connectivity index is 1.13. The van der Waals surface area contributed by atoms with Crippen LogP contribution in [-0.4, -0.2) is 11.4 Å². The molecular formula is C42H36N2. The van der Waals surface area contributed by atoms with Gasteiger partial charge in [0.15, 0.2) is 0 Å². The lowest BCUT2D eigenvalue weighted by atomic mass is 9.63. The molecule has 0 heterocycles. The summed E-state index contributed by atoms with van der Waals surface area (Å²) in [6, 6.07) is 38.5. The van der Waals surface area contributed by atoms with E-state index in [0.717, 1.165) is 49.9 Å². The van der Waals surface area contributed by atoms with Crippen LogP contribution in [0.5, 0.6) is 0 Å². The maximum atomic E-state index is 5.32. The second kappa shape index (κ2) is 11.7. The topological polar surface area (TPSA) is 24.7 Å². The Labute approximate surface area is 260 Å². The van der Waals surface area contributed by atoms with Crippen molar-refractivity contribution in [3.8, 4) is 22.3 Å². The molecule has 8 rings (SSSR count). The van der Waals surface area contributed by atoms with Crippen molar-refractivity contribution in [2.45, 2.75) is 38.5 Å². The molecule has 4 aromatic rings. The molecule has 0 fully saturated rings. The molecule has 214 valence electrons. The number of hydrogen-bond acceptors (Lipinski definition) is 2. The Morgan fingerprint density at radius 1 is 0.432 bits per heavy atom. The van der Waals surface area contributed by atoms with E-state index in [9.17, 15) is 0 Å². The lowest BCUT2D eigenvalue weighted by Gasteiger charge is -2.42. The van der Waals surface area contributed by atoms with Crippen LogP contribution < -0.4 is 0 Å². The predicted molar refractivity (Wildman–Crippen MR) is 185 cm³/mol. The van der Waals surface area contributed by atoms with Crippen LogP contribution in [0.1, 0.15) is 38.5 Å². The zero-order valence-electron chi connectivity index (χ0n) is 25.0. The first-order valence-corrected chi connectivity index (χ1v) is 16.0. The third-order valence-electron chi connectivity index (χ3n) is 9.73. The maximum absolute atomic E-state index is 5.32. The second-order valence-electron chi connectivity index (χ2n) is 12.3.